The van der Waals surface area contributed by atoms with Gasteiger partial charge in [0.05, 0.1) is 5.69 Å². The highest BCUT2D eigenvalue weighted by Gasteiger charge is 2.14. The highest BCUT2D eigenvalue weighted by Crippen LogP contribution is 2.34. The summed E-state index contributed by atoms with van der Waals surface area (Å²) in [6.45, 7) is 3.91. The average Bonchev–Trinajstić information content (AvgIpc) is 3.12. The van der Waals surface area contributed by atoms with Crippen molar-refractivity contribution in [3.05, 3.63) is 71.0 Å². The van der Waals surface area contributed by atoms with Gasteiger partial charge >= 0.3 is 6.03 Å². The van der Waals surface area contributed by atoms with E-state index >= 15 is 0 Å². The number of amides is 3. The van der Waals surface area contributed by atoms with Gasteiger partial charge in [-0.2, -0.15) is 0 Å². The first kappa shape index (κ1) is 19.5. The topological polar surface area (TPSA) is 110 Å². The number of urea groups is 1. The molecule has 2 aromatic carbocycles. The van der Waals surface area contributed by atoms with Crippen molar-refractivity contribution in [3.8, 4) is 11.1 Å². The van der Waals surface area contributed by atoms with Crippen molar-refractivity contribution in [3.63, 3.8) is 0 Å². The predicted octanol–water partition coefficient (Wildman–Crippen LogP) is 4.72. The summed E-state index contributed by atoms with van der Waals surface area (Å²) >= 11 is 1.42. The number of hydrogen-bond acceptors (Lipinski definition) is 5. The number of nitrogens with two attached hydrogens (primary N) is 1. The van der Waals surface area contributed by atoms with E-state index < -0.39 is 6.03 Å². The van der Waals surface area contributed by atoms with Crippen molar-refractivity contribution in [2.24, 2.45) is 5.73 Å². The minimum atomic E-state index is -0.639. The third kappa shape index (κ3) is 3.85. The minimum Gasteiger partial charge on any atom is -0.351 e. The average molecular weight is 417 g/mol. The normalized spacial score (nSPS) is 10.7. The quantitative estimate of drug-likeness (QED) is 0.446. The number of aryl methyl sites for hydroxylation is 2. The lowest BCUT2D eigenvalue weighted by atomic mass is 9.95. The number of rotatable bonds is 4. The molecule has 150 valence electrons. The van der Waals surface area contributed by atoms with E-state index in [9.17, 15) is 9.59 Å². The molecule has 0 unspecified atom stereocenters. The molecule has 0 fully saturated rings. The van der Waals surface area contributed by atoms with Crippen molar-refractivity contribution in [1.29, 1.82) is 0 Å². The number of hydrogen-bond donors (Lipinski definition) is 3. The van der Waals surface area contributed by atoms with Gasteiger partial charge in [0.15, 0.2) is 5.13 Å². The zero-order valence-electron chi connectivity index (χ0n) is 16.4. The first-order valence-corrected chi connectivity index (χ1v) is 10.0. The molecule has 0 aliphatic heterocycles. The number of primary amides is 1. The first-order chi connectivity index (χ1) is 14.4. The zero-order chi connectivity index (χ0) is 21.3. The maximum atomic E-state index is 12.7. The number of fused-ring (bicyclic) bond motifs is 1. The monoisotopic (exact) mass is 417 g/mol. The Morgan fingerprint density at radius 3 is 2.53 bits per heavy atom. The molecule has 0 bridgehead atoms. The molecule has 30 heavy (non-hydrogen) atoms. The highest BCUT2D eigenvalue weighted by molar-refractivity contribution is 7.15. The SMILES string of the molecule is Cc1cnc(NC(=O)c2ccc(C)c(-c3cncc4c(NC(N)=O)cccc34)c2)s1. The summed E-state index contributed by atoms with van der Waals surface area (Å²) in [5.41, 5.74) is 9.13. The van der Waals surface area contributed by atoms with E-state index in [1.54, 1.807) is 30.7 Å². The van der Waals surface area contributed by atoms with Crippen LogP contribution >= 0.6 is 11.3 Å². The van der Waals surface area contributed by atoms with Crippen LogP contribution in [-0.4, -0.2) is 21.9 Å². The van der Waals surface area contributed by atoms with Crippen molar-refractivity contribution < 1.29 is 9.59 Å². The van der Waals surface area contributed by atoms with Gasteiger partial charge in [0, 0.05) is 40.0 Å². The van der Waals surface area contributed by atoms with Gasteiger partial charge in [0.2, 0.25) is 0 Å². The van der Waals surface area contributed by atoms with E-state index in [1.165, 1.54) is 11.3 Å². The van der Waals surface area contributed by atoms with Crippen LogP contribution < -0.4 is 16.4 Å². The second-order valence-corrected chi connectivity index (χ2v) is 8.07. The second kappa shape index (κ2) is 7.92. The standard InChI is InChI=1S/C22H19N5O2S/c1-12-6-7-14(20(28)27-22-25-9-13(2)30-22)8-16(12)17-10-24-11-18-15(17)4-3-5-19(18)26-21(23)29/h3-11H,1-2H3,(H3,23,26,29)(H,25,27,28). The molecule has 0 radical (unpaired) electrons. The number of carbonyl (C=O) groups excluding carboxylic acids is 2. The van der Waals surface area contributed by atoms with E-state index in [4.69, 9.17) is 5.73 Å². The van der Waals surface area contributed by atoms with Crippen LogP contribution in [0.15, 0.2) is 55.0 Å². The molecule has 8 heteroatoms. The van der Waals surface area contributed by atoms with Gasteiger partial charge in [-0.25, -0.2) is 9.78 Å². The Labute approximate surface area is 177 Å². The van der Waals surface area contributed by atoms with Crippen LogP contribution in [0.25, 0.3) is 21.9 Å². The van der Waals surface area contributed by atoms with E-state index in [1.807, 2.05) is 38.1 Å². The Balaban J connectivity index is 1.77. The minimum absolute atomic E-state index is 0.227. The second-order valence-electron chi connectivity index (χ2n) is 6.84. The fourth-order valence-electron chi connectivity index (χ4n) is 3.29. The molecule has 4 N–H and O–H groups in total. The van der Waals surface area contributed by atoms with Gasteiger partial charge in [-0.3, -0.25) is 15.1 Å². The van der Waals surface area contributed by atoms with E-state index in [0.29, 0.717) is 16.4 Å². The molecular weight excluding hydrogens is 398 g/mol. The molecule has 2 aromatic heterocycles. The maximum absolute atomic E-state index is 12.7. The maximum Gasteiger partial charge on any atom is 0.316 e. The molecule has 7 nitrogen and oxygen atoms in total. The Bertz CT molecular complexity index is 1280. The number of carbonyl (C=O) groups is 2. The number of pyridine rings is 1. The van der Waals surface area contributed by atoms with Crippen LogP contribution in [0.3, 0.4) is 0 Å². The van der Waals surface area contributed by atoms with Crippen molar-refractivity contribution >= 4 is 44.9 Å². The predicted molar refractivity (Wildman–Crippen MR) is 120 cm³/mol. The van der Waals surface area contributed by atoms with Crippen molar-refractivity contribution in [1.82, 2.24) is 9.97 Å². The fourth-order valence-corrected chi connectivity index (χ4v) is 3.95. The molecule has 0 atom stereocenters. The van der Waals surface area contributed by atoms with Crippen LogP contribution in [0.4, 0.5) is 15.6 Å². The summed E-state index contributed by atoms with van der Waals surface area (Å²) in [5, 5.41) is 7.69. The Morgan fingerprint density at radius 2 is 1.80 bits per heavy atom. The Morgan fingerprint density at radius 1 is 0.967 bits per heavy atom. The van der Waals surface area contributed by atoms with Gasteiger partial charge in [-0.1, -0.05) is 18.2 Å². The Hall–Kier alpha value is -3.78. The third-order valence-corrected chi connectivity index (χ3v) is 5.52. The lowest BCUT2D eigenvalue weighted by Crippen LogP contribution is -2.19. The number of nitrogens with zero attached hydrogens (tertiary/aromatic N) is 2. The lowest BCUT2D eigenvalue weighted by Gasteiger charge is -2.13. The van der Waals surface area contributed by atoms with Crippen molar-refractivity contribution in [2.75, 3.05) is 10.6 Å². The lowest BCUT2D eigenvalue weighted by molar-refractivity contribution is 0.102. The van der Waals surface area contributed by atoms with Crippen LogP contribution in [0.5, 0.6) is 0 Å². The van der Waals surface area contributed by atoms with Crippen LogP contribution in [0, 0.1) is 13.8 Å². The molecular formula is C22H19N5O2S. The number of nitrogens with one attached hydrogen (secondary N) is 2. The van der Waals surface area contributed by atoms with Gasteiger partial charge < -0.3 is 11.1 Å². The molecule has 4 rings (SSSR count). The molecule has 2 heterocycles. The summed E-state index contributed by atoms with van der Waals surface area (Å²) in [6, 6.07) is 10.5. The molecule has 4 aromatic rings. The van der Waals surface area contributed by atoms with Gasteiger partial charge in [-0.05, 0) is 48.6 Å². The fraction of sp³-hybridized carbons (Fsp3) is 0.0909. The van der Waals surface area contributed by atoms with Crippen molar-refractivity contribution in [2.45, 2.75) is 13.8 Å². The summed E-state index contributed by atoms with van der Waals surface area (Å²) < 4.78 is 0. The summed E-state index contributed by atoms with van der Waals surface area (Å²) in [4.78, 5) is 33.6. The molecule has 0 saturated heterocycles. The molecule has 0 spiro atoms. The van der Waals surface area contributed by atoms with Crippen LogP contribution in [0.1, 0.15) is 20.8 Å². The molecule has 0 saturated carbocycles. The van der Waals surface area contributed by atoms with E-state index in [-0.39, 0.29) is 5.91 Å². The summed E-state index contributed by atoms with van der Waals surface area (Å²) in [6.07, 6.45) is 5.16. The molecule has 0 aliphatic rings. The van der Waals surface area contributed by atoms with Crippen LogP contribution in [0.2, 0.25) is 0 Å². The van der Waals surface area contributed by atoms with E-state index in [2.05, 4.69) is 20.6 Å². The number of thiazole rings is 1. The Kier molecular flexibility index (Phi) is 5.16. The van der Waals surface area contributed by atoms with Gasteiger partial charge in [-0.15, -0.1) is 11.3 Å². The first-order valence-electron chi connectivity index (χ1n) is 9.20. The number of anilines is 2. The smallest absolute Gasteiger partial charge is 0.316 e. The number of benzene rings is 2. The molecule has 0 aliphatic carbocycles. The van der Waals surface area contributed by atoms with Gasteiger partial charge in [0.25, 0.3) is 5.91 Å². The summed E-state index contributed by atoms with van der Waals surface area (Å²) in [7, 11) is 0. The highest BCUT2D eigenvalue weighted by atomic mass is 32.1. The summed E-state index contributed by atoms with van der Waals surface area (Å²) in [5.74, 6) is -0.227. The van der Waals surface area contributed by atoms with E-state index in [0.717, 1.165) is 32.3 Å². The van der Waals surface area contributed by atoms with Gasteiger partial charge in [0.1, 0.15) is 0 Å². The largest absolute Gasteiger partial charge is 0.351 e. The zero-order valence-corrected chi connectivity index (χ0v) is 17.2. The van der Waals surface area contributed by atoms with Crippen LogP contribution in [-0.2, 0) is 0 Å². The number of aromatic nitrogens is 2. The molecule has 3 amide bonds. The third-order valence-electron chi connectivity index (χ3n) is 4.69.